The number of benzene rings is 1. The van der Waals surface area contributed by atoms with Gasteiger partial charge in [0.2, 0.25) is 0 Å². The molecule has 0 saturated heterocycles. The number of carbonyl (C=O) groups is 1. The third kappa shape index (κ3) is 3.94. The number of halogens is 2. The van der Waals surface area contributed by atoms with Crippen LogP contribution in [0.2, 0.25) is 0 Å². The first-order valence-electron chi connectivity index (χ1n) is 9.16. The van der Waals surface area contributed by atoms with E-state index in [0.29, 0.717) is 23.5 Å². The Bertz CT molecular complexity index is 984. The lowest BCUT2D eigenvalue weighted by Gasteiger charge is -2.19. The van der Waals surface area contributed by atoms with Gasteiger partial charge >= 0.3 is 0 Å². The number of nitrogens with zero attached hydrogens (tertiary/aromatic N) is 3. The van der Waals surface area contributed by atoms with E-state index in [4.69, 9.17) is 0 Å². The number of nitrogens with one attached hydrogen (secondary N) is 2. The molecule has 0 radical (unpaired) electrons. The van der Waals surface area contributed by atoms with E-state index in [2.05, 4.69) is 25.6 Å². The van der Waals surface area contributed by atoms with Gasteiger partial charge in [0.1, 0.15) is 29.5 Å². The molecule has 0 spiro atoms. The molecule has 3 atom stereocenters. The third-order valence-corrected chi connectivity index (χ3v) is 5.04. The van der Waals surface area contributed by atoms with Gasteiger partial charge in [-0.1, -0.05) is 0 Å². The van der Waals surface area contributed by atoms with Gasteiger partial charge in [0.25, 0.3) is 5.91 Å². The number of hydrogen-bond acceptors (Lipinski definition) is 7. The van der Waals surface area contributed by atoms with Crippen molar-refractivity contribution in [3.05, 3.63) is 53.0 Å². The van der Waals surface area contributed by atoms with Crippen LogP contribution in [0, 0.1) is 11.6 Å². The molecule has 4 rings (SSSR count). The molecule has 1 saturated carbocycles. The molecule has 1 amide bonds. The number of anilines is 1. The zero-order chi connectivity index (χ0) is 20.5. The van der Waals surface area contributed by atoms with Crippen LogP contribution in [-0.2, 0) is 17.9 Å². The number of aromatic nitrogens is 2. The van der Waals surface area contributed by atoms with E-state index in [9.17, 15) is 23.8 Å². The summed E-state index contributed by atoms with van der Waals surface area (Å²) in [6.45, 7) is -0.0276. The Morgan fingerprint density at radius 3 is 2.79 bits per heavy atom. The second-order valence-electron chi connectivity index (χ2n) is 7.07. The van der Waals surface area contributed by atoms with Gasteiger partial charge in [0.15, 0.2) is 0 Å². The predicted octanol–water partition coefficient (Wildman–Crippen LogP) is 0.670. The second-order valence-corrected chi connectivity index (χ2v) is 7.07. The Kier molecular flexibility index (Phi) is 5.20. The molecule has 152 valence electrons. The molecule has 29 heavy (non-hydrogen) atoms. The summed E-state index contributed by atoms with van der Waals surface area (Å²) < 4.78 is 27.1. The van der Waals surface area contributed by atoms with Crippen LogP contribution in [0.5, 0.6) is 0 Å². The molecule has 0 bridgehead atoms. The van der Waals surface area contributed by atoms with Gasteiger partial charge < -0.3 is 20.8 Å². The maximum atomic E-state index is 13.8. The van der Waals surface area contributed by atoms with Gasteiger partial charge in [0, 0.05) is 18.5 Å². The second kappa shape index (κ2) is 7.80. The maximum absolute atomic E-state index is 13.8. The van der Waals surface area contributed by atoms with Crippen LogP contribution in [0.4, 0.5) is 14.6 Å². The van der Waals surface area contributed by atoms with Crippen LogP contribution >= 0.6 is 0 Å². The summed E-state index contributed by atoms with van der Waals surface area (Å²) in [5.74, 6) is -1.47. The third-order valence-electron chi connectivity index (χ3n) is 5.04. The van der Waals surface area contributed by atoms with Crippen molar-refractivity contribution in [2.75, 3.05) is 5.32 Å². The van der Waals surface area contributed by atoms with E-state index in [1.807, 2.05) is 0 Å². The van der Waals surface area contributed by atoms with Gasteiger partial charge in [0.05, 0.1) is 36.1 Å². The minimum Gasteiger partial charge on any atom is -0.393 e. The van der Waals surface area contributed by atoms with Gasteiger partial charge in [-0.25, -0.2) is 18.7 Å². The van der Waals surface area contributed by atoms with E-state index < -0.39 is 35.8 Å². The number of rotatable bonds is 5. The minimum absolute atomic E-state index is 0.0166. The summed E-state index contributed by atoms with van der Waals surface area (Å²) in [5, 5.41) is 25.4. The molecular weight excluding hydrogens is 384 g/mol. The highest BCUT2D eigenvalue weighted by molar-refractivity contribution is 6.47. The fourth-order valence-corrected chi connectivity index (χ4v) is 3.58. The Hall–Kier alpha value is -2.98. The monoisotopic (exact) mass is 403 g/mol. The highest BCUT2D eigenvalue weighted by Crippen LogP contribution is 2.28. The average Bonchev–Trinajstić information content (AvgIpc) is 3.26. The van der Waals surface area contributed by atoms with Crippen molar-refractivity contribution in [1.82, 2.24) is 15.3 Å². The Morgan fingerprint density at radius 2 is 2.03 bits per heavy atom. The van der Waals surface area contributed by atoms with Gasteiger partial charge in [-0.05, 0) is 24.6 Å². The summed E-state index contributed by atoms with van der Waals surface area (Å²) in [6, 6.07) is 2.59. The van der Waals surface area contributed by atoms with Crippen molar-refractivity contribution < 1.29 is 23.8 Å². The first kappa shape index (κ1) is 19.3. The normalized spacial score (nSPS) is 22.9. The van der Waals surface area contributed by atoms with Crippen LogP contribution in [0.25, 0.3) is 0 Å². The van der Waals surface area contributed by atoms with Gasteiger partial charge in [-0.3, -0.25) is 9.79 Å². The zero-order valence-electron chi connectivity index (χ0n) is 15.3. The molecule has 2 heterocycles. The van der Waals surface area contributed by atoms with Crippen LogP contribution in [0.3, 0.4) is 0 Å². The summed E-state index contributed by atoms with van der Waals surface area (Å²) in [7, 11) is 0. The van der Waals surface area contributed by atoms with E-state index in [1.54, 1.807) is 0 Å². The molecule has 4 N–H and O–H groups in total. The molecule has 8 nitrogen and oxygen atoms in total. The number of carbonyl (C=O) groups excluding carboxylic acids is 1. The van der Waals surface area contributed by atoms with E-state index >= 15 is 0 Å². The molecule has 2 aromatic rings. The smallest absolute Gasteiger partial charge is 0.270 e. The highest BCUT2D eigenvalue weighted by Gasteiger charge is 2.34. The summed E-state index contributed by atoms with van der Waals surface area (Å²) in [4.78, 5) is 25.2. The standard InChI is InChI=1S/C19H19F2N5O3/c20-10-1-2-12(21)9(3-10)6-23-19(29)17-16-14(7-22-17)24-8-25-18(16)26-13-4-11(27)5-15(13)28/h1-3,8,11,13,15,27-28H,4-7H2,(H,23,29)(H,24,25,26)/t11-,13-,15-/m1/s1. The van der Waals surface area contributed by atoms with Gasteiger partial charge in [-0.2, -0.15) is 0 Å². The summed E-state index contributed by atoms with van der Waals surface area (Å²) in [6.07, 6.45) is 0.567. The average molecular weight is 403 g/mol. The Balaban J connectivity index is 1.51. The molecule has 1 aliphatic carbocycles. The van der Waals surface area contributed by atoms with Crippen molar-refractivity contribution in [2.24, 2.45) is 4.99 Å². The number of amides is 1. The topological polar surface area (TPSA) is 120 Å². The molecule has 1 fully saturated rings. The van der Waals surface area contributed by atoms with E-state index in [1.165, 1.54) is 6.33 Å². The summed E-state index contributed by atoms with van der Waals surface area (Å²) >= 11 is 0. The molecule has 1 aliphatic heterocycles. The van der Waals surface area contributed by atoms with E-state index in [-0.39, 0.29) is 30.8 Å². The molecule has 1 aromatic carbocycles. The number of hydrogen-bond donors (Lipinski definition) is 4. The van der Waals surface area contributed by atoms with Crippen molar-refractivity contribution >= 4 is 17.4 Å². The number of aliphatic imine (C=N–C) groups is 1. The van der Waals surface area contributed by atoms with Crippen molar-refractivity contribution in [3.63, 3.8) is 0 Å². The molecule has 1 aromatic heterocycles. The maximum Gasteiger partial charge on any atom is 0.270 e. The highest BCUT2D eigenvalue weighted by atomic mass is 19.1. The number of aliphatic hydroxyl groups excluding tert-OH is 2. The van der Waals surface area contributed by atoms with Crippen LogP contribution < -0.4 is 10.6 Å². The zero-order valence-corrected chi connectivity index (χ0v) is 15.3. The van der Waals surface area contributed by atoms with Crippen LogP contribution in [-0.4, -0.2) is 50.0 Å². The fourth-order valence-electron chi connectivity index (χ4n) is 3.58. The first-order valence-corrected chi connectivity index (χ1v) is 9.16. The predicted molar refractivity (Wildman–Crippen MR) is 99.1 cm³/mol. The Morgan fingerprint density at radius 1 is 1.21 bits per heavy atom. The molecule has 10 heteroatoms. The van der Waals surface area contributed by atoms with Crippen LogP contribution in [0.1, 0.15) is 29.7 Å². The molecular formula is C19H19F2N5O3. The van der Waals surface area contributed by atoms with Crippen molar-refractivity contribution in [1.29, 1.82) is 0 Å². The number of fused-ring (bicyclic) bond motifs is 1. The fraction of sp³-hybridized carbons (Fsp3) is 0.368. The number of aliphatic hydroxyl groups is 2. The molecule has 0 unspecified atom stereocenters. The minimum atomic E-state index is -0.748. The largest absolute Gasteiger partial charge is 0.393 e. The lowest BCUT2D eigenvalue weighted by Crippen LogP contribution is -2.33. The molecule has 2 aliphatic rings. The lowest BCUT2D eigenvalue weighted by atomic mass is 10.1. The lowest BCUT2D eigenvalue weighted by molar-refractivity contribution is -0.114. The van der Waals surface area contributed by atoms with Crippen molar-refractivity contribution in [2.45, 2.75) is 44.2 Å². The first-order chi connectivity index (χ1) is 13.9. The van der Waals surface area contributed by atoms with Crippen LogP contribution in [0.15, 0.2) is 29.5 Å². The van der Waals surface area contributed by atoms with E-state index in [0.717, 1.165) is 18.2 Å². The quantitative estimate of drug-likeness (QED) is 0.583. The Labute approximate surface area is 164 Å². The van der Waals surface area contributed by atoms with Gasteiger partial charge in [-0.15, -0.1) is 0 Å². The summed E-state index contributed by atoms with van der Waals surface area (Å²) in [5.41, 5.74) is 1.03. The van der Waals surface area contributed by atoms with Crippen molar-refractivity contribution in [3.8, 4) is 0 Å². The SMILES string of the molecule is O=C(NCc1cc(F)ccc1F)C1=NCc2ncnc(N[C@@H]3C[C@@H](O)C[C@H]3O)c21.